The van der Waals surface area contributed by atoms with Crippen LogP contribution in [0.5, 0.6) is 0 Å². The molecule has 33 heavy (non-hydrogen) atoms. The van der Waals surface area contributed by atoms with Crippen LogP contribution in [-0.2, 0) is 11.8 Å². The summed E-state index contributed by atoms with van der Waals surface area (Å²) in [6, 6.07) is 7.56. The zero-order chi connectivity index (χ0) is 23.5. The highest BCUT2D eigenvalue weighted by Gasteiger charge is 2.29. The van der Waals surface area contributed by atoms with Crippen molar-refractivity contribution < 1.29 is 4.79 Å². The lowest BCUT2D eigenvalue weighted by molar-refractivity contribution is -0.117. The molecule has 1 fully saturated rings. The van der Waals surface area contributed by atoms with Crippen molar-refractivity contribution in [3.8, 4) is 28.6 Å². The number of nitriles is 1. The molecule has 1 aliphatic carbocycles. The van der Waals surface area contributed by atoms with Crippen molar-refractivity contribution in [3.63, 3.8) is 0 Å². The van der Waals surface area contributed by atoms with Crippen LogP contribution in [0.15, 0.2) is 43.0 Å². The maximum Gasteiger partial charge on any atom is 0.228 e. The number of aryl methyl sites for hydroxylation is 2. The number of rotatable bonds is 4. The molecule has 4 aromatic heterocycles. The number of amides is 1. The molecule has 0 bridgehead atoms. The predicted molar refractivity (Wildman–Crippen MR) is 127 cm³/mol. The molecule has 166 valence electrons. The number of carbonyl (C=O) groups is 1. The number of pyridine rings is 3. The molecular weight excluding hydrogens is 416 g/mol. The lowest BCUT2D eigenvalue weighted by atomic mass is 10.0. The summed E-state index contributed by atoms with van der Waals surface area (Å²) >= 11 is 0. The Morgan fingerprint density at radius 2 is 1.94 bits per heavy atom. The summed E-state index contributed by atoms with van der Waals surface area (Å²) in [5.41, 5.74) is 10.7. The number of nitrogen functional groups attached to an aromatic ring is 1. The Kier molecular flexibility index (Phi) is 6.00. The largest absolute Gasteiger partial charge is 0.383 e. The molecule has 4 aromatic rings. The van der Waals surface area contributed by atoms with Gasteiger partial charge in [-0.25, -0.2) is 9.97 Å². The predicted octanol–water partition coefficient (Wildman–Crippen LogP) is 3.86. The van der Waals surface area contributed by atoms with E-state index in [1.54, 1.807) is 23.1 Å². The normalized spacial score (nSPS) is 12.5. The van der Waals surface area contributed by atoms with Crippen LogP contribution < -0.4 is 11.1 Å². The minimum Gasteiger partial charge on any atom is -0.383 e. The van der Waals surface area contributed by atoms with Gasteiger partial charge in [0.25, 0.3) is 0 Å². The summed E-state index contributed by atoms with van der Waals surface area (Å²) in [6.07, 6.45) is 9.07. The van der Waals surface area contributed by atoms with Gasteiger partial charge in [-0.15, -0.1) is 0 Å². The highest BCUT2D eigenvalue weighted by molar-refractivity contribution is 5.98. The van der Waals surface area contributed by atoms with Crippen LogP contribution in [0.25, 0.3) is 33.3 Å². The van der Waals surface area contributed by atoms with Gasteiger partial charge in [-0.05, 0) is 48.9 Å². The fraction of sp³-hybridized carbons (Fsp3) is 0.250. The third-order valence-corrected chi connectivity index (χ3v) is 5.33. The molecule has 9 heteroatoms. The number of hydrogen-bond acceptors (Lipinski definition) is 7. The standard InChI is InChI=1S/C22H21N7O.C2H3N/c1-12-5-18(15-8-26-29(2)11-15)24-9-16(12)19-6-14-7-20(28-22(30)13-3-4-13)25-10-17(14)21(23)27-19;1-2-3/h5-11,13H,3-4H2,1-2H3,(H2,23,27)(H,25,28,30);1H3. The fourth-order valence-electron chi connectivity index (χ4n) is 3.49. The first-order valence-electron chi connectivity index (χ1n) is 10.5. The van der Waals surface area contributed by atoms with Crippen molar-refractivity contribution >= 4 is 28.3 Å². The minimum absolute atomic E-state index is 0.0233. The molecular formula is C24H24N8O. The Balaban J connectivity index is 0.000000821. The van der Waals surface area contributed by atoms with Gasteiger partial charge >= 0.3 is 0 Å². The van der Waals surface area contributed by atoms with E-state index in [9.17, 15) is 4.79 Å². The second-order valence-corrected chi connectivity index (χ2v) is 7.96. The molecule has 0 aliphatic heterocycles. The van der Waals surface area contributed by atoms with Crippen LogP contribution in [0.2, 0.25) is 0 Å². The molecule has 3 N–H and O–H groups in total. The average molecular weight is 441 g/mol. The van der Waals surface area contributed by atoms with Crippen LogP contribution in [0.3, 0.4) is 0 Å². The van der Waals surface area contributed by atoms with Gasteiger partial charge in [0.1, 0.15) is 11.6 Å². The zero-order valence-electron chi connectivity index (χ0n) is 18.7. The van der Waals surface area contributed by atoms with E-state index in [0.29, 0.717) is 11.6 Å². The van der Waals surface area contributed by atoms with Crippen molar-refractivity contribution in [2.75, 3.05) is 11.1 Å². The van der Waals surface area contributed by atoms with E-state index in [-0.39, 0.29) is 11.8 Å². The molecule has 1 saturated carbocycles. The number of nitrogens with one attached hydrogen (secondary N) is 1. The van der Waals surface area contributed by atoms with Gasteiger partial charge in [0.15, 0.2) is 0 Å². The quantitative estimate of drug-likeness (QED) is 0.492. The maximum atomic E-state index is 12.1. The van der Waals surface area contributed by atoms with E-state index >= 15 is 0 Å². The Labute approximate surface area is 191 Å². The summed E-state index contributed by atoms with van der Waals surface area (Å²) in [6.45, 7) is 3.45. The van der Waals surface area contributed by atoms with Crippen molar-refractivity contribution in [1.82, 2.24) is 24.7 Å². The van der Waals surface area contributed by atoms with Crippen molar-refractivity contribution in [2.24, 2.45) is 13.0 Å². The molecule has 1 amide bonds. The molecule has 4 heterocycles. The van der Waals surface area contributed by atoms with E-state index in [2.05, 4.69) is 25.4 Å². The van der Waals surface area contributed by atoms with E-state index in [0.717, 1.165) is 51.7 Å². The summed E-state index contributed by atoms with van der Waals surface area (Å²) < 4.78 is 1.75. The van der Waals surface area contributed by atoms with Crippen LogP contribution in [0.4, 0.5) is 11.6 Å². The van der Waals surface area contributed by atoms with Crippen LogP contribution in [0, 0.1) is 24.2 Å². The number of nitrogens with zero attached hydrogens (tertiary/aromatic N) is 6. The molecule has 9 nitrogen and oxygen atoms in total. The van der Waals surface area contributed by atoms with Crippen LogP contribution >= 0.6 is 0 Å². The average Bonchev–Trinajstić information content (AvgIpc) is 3.55. The van der Waals surface area contributed by atoms with Gasteiger partial charge in [-0.3, -0.25) is 14.5 Å². The van der Waals surface area contributed by atoms with Gasteiger partial charge in [0, 0.05) is 55.0 Å². The van der Waals surface area contributed by atoms with Crippen molar-refractivity contribution in [2.45, 2.75) is 26.7 Å². The number of anilines is 2. The molecule has 0 saturated heterocycles. The zero-order valence-corrected chi connectivity index (χ0v) is 18.7. The first-order chi connectivity index (χ1) is 15.9. The van der Waals surface area contributed by atoms with Gasteiger partial charge < -0.3 is 11.1 Å². The summed E-state index contributed by atoms with van der Waals surface area (Å²) in [4.78, 5) is 25.5. The Morgan fingerprint density at radius 3 is 2.58 bits per heavy atom. The molecule has 5 rings (SSSR count). The molecule has 0 radical (unpaired) electrons. The summed E-state index contributed by atoms with van der Waals surface area (Å²) in [5.74, 6) is 1.06. The van der Waals surface area contributed by atoms with E-state index in [4.69, 9.17) is 11.0 Å². The Bertz CT molecular complexity index is 1380. The Morgan fingerprint density at radius 1 is 1.18 bits per heavy atom. The first-order valence-corrected chi connectivity index (χ1v) is 10.5. The second-order valence-electron chi connectivity index (χ2n) is 7.96. The third-order valence-electron chi connectivity index (χ3n) is 5.33. The van der Waals surface area contributed by atoms with Gasteiger partial charge in [0.05, 0.1) is 23.7 Å². The van der Waals surface area contributed by atoms with Crippen LogP contribution in [0.1, 0.15) is 25.3 Å². The molecule has 0 atom stereocenters. The summed E-state index contributed by atoms with van der Waals surface area (Å²) in [7, 11) is 1.88. The van der Waals surface area contributed by atoms with Crippen molar-refractivity contribution in [3.05, 3.63) is 48.5 Å². The number of hydrogen-bond donors (Lipinski definition) is 2. The molecule has 0 unspecified atom stereocenters. The highest BCUT2D eigenvalue weighted by Crippen LogP contribution is 2.32. The first kappa shape index (κ1) is 21.9. The Hall–Kier alpha value is -4.32. The monoisotopic (exact) mass is 440 g/mol. The van der Waals surface area contributed by atoms with E-state index in [1.807, 2.05) is 44.6 Å². The number of nitrogens with two attached hydrogens (primary N) is 1. The summed E-state index contributed by atoms with van der Waals surface area (Å²) in [5, 5.41) is 16.0. The smallest absolute Gasteiger partial charge is 0.228 e. The highest BCUT2D eigenvalue weighted by atomic mass is 16.2. The SMILES string of the molecule is CC#N.Cc1cc(-c2cnn(C)c2)ncc1-c1cc2cc(NC(=O)C3CC3)ncc2c(N)n1. The second kappa shape index (κ2) is 9.04. The number of aromatic nitrogens is 5. The van der Waals surface area contributed by atoms with Gasteiger partial charge in [-0.1, -0.05) is 0 Å². The van der Waals surface area contributed by atoms with E-state index in [1.165, 1.54) is 6.92 Å². The molecule has 0 spiro atoms. The molecule has 0 aromatic carbocycles. The van der Waals surface area contributed by atoms with E-state index < -0.39 is 0 Å². The van der Waals surface area contributed by atoms with Gasteiger partial charge in [-0.2, -0.15) is 10.4 Å². The number of fused-ring (bicyclic) bond motifs is 1. The van der Waals surface area contributed by atoms with Crippen LogP contribution in [-0.4, -0.2) is 30.6 Å². The fourth-order valence-corrected chi connectivity index (χ4v) is 3.49. The third kappa shape index (κ3) is 4.80. The number of carbonyl (C=O) groups excluding carboxylic acids is 1. The molecule has 1 aliphatic rings. The lowest BCUT2D eigenvalue weighted by Crippen LogP contribution is -2.14. The lowest BCUT2D eigenvalue weighted by Gasteiger charge is -2.11. The van der Waals surface area contributed by atoms with Crippen molar-refractivity contribution in [1.29, 1.82) is 5.26 Å². The maximum absolute atomic E-state index is 12.1. The van der Waals surface area contributed by atoms with Gasteiger partial charge in [0.2, 0.25) is 5.91 Å². The minimum atomic E-state index is 0.0233. The topological polar surface area (TPSA) is 135 Å².